The van der Waals surface area contributed by atoms with Gasteiger partial charge in [0.05, 0.1) is 5.84 Å². The number of nitrogens with zero attached hydrogens (tertiary/aromatic N) is 1. The van der Waals surface area contributed by atoms with E-state index in [4.69, 9.17) is 15.9 Å². The lowest BCUT2D eigenvalue weighted by Crippen LogP contribution is -2.37. The number of para-hydroxylation sites is 1. The molecule has 1 aromatic rings. The van der Waals surface area contributed by atoms with Crippen molar-refractivity contribution in [3.63, 3.8) is 0 Å². The second kappa shape index (κ2) is 5.89. The predicted octanol–water partition coefficient (Wildman–Crippen LogP) is 1.69. The van der Waals surface area contributed by atoms with Crippen molar-refractivity contribution < 1.29 is 9.53 Å². The molecule has 1 atom stereocenters. The van der Waals surface area contributed by atoms with E-state index in [-0.39, 0.29) is 11.8 Å². The van der Waals surface area contributed by atoms with Crippen molar-refractivity contribution in [1.29, 1.82) is 5.41 Å². The molecule has 0 heterocycles. The van der Waals surface area contributed by atoms with E-state index in [2.05, 4.69) is 0 Å². The molecule has 0 aromatic heterocycles. The molecule has 0 saturated carbocycles. The lowest BCUT2D eigenvalue weighted by molar-refractivity contribution is 0.160. The zero-order valence-corrected chi connectivity index (χ0v) is 10.0. The molecule has 1 amide bonds. The van der Waals surface area contributed by atoms with Crippen LogP contribution in [0.25, 0.3) is 0 Å². The fourth-order valence-corrected chi connectivity index (χ4v) is 1.25. The van der Waals surface area contributed by atoms with Crippen LogP contribution in [0, 0.1) is 11.3 Å². The predicted molar refractivity (Wildman–Crippen MR) is 66.2 cm³/mol. The van der Waals surface area contributed by atoms with Crippen molar-refractivity contribution in [1.82, 2.24) is 4.90 Å². The molecule has 17 heavy (non-hydrogen) atoms. The van der Waals surface area contributed by atoms with Gasteiger partial charge in [-0.15, -0.1) is 0 Å². The smallest absolute Gasteiger partial charge is 0.410 e. The topological polar surface area (TPSA) is 79.4 Å². The molecule has 1 rings (SSSR count). The molecule has 1 unspecified atom stereocenters. The largest absolute Gasteiger partial charge is 0.414 e. The van der Waals surface area contributed by atoms with Gasteiger partial charge in [0.2, 0.25) is 0 Å². The fraction of sp³-hybridized carbons (Fsp3) is 0.333. The van der Waals surface area contributed by atoms with E-state index in [1.54, 1.807) is 38.2 Å². The van der Waals surface area contributed by atoms with Crippen LogP contribution in [-0.2, 0) is 0 Å². The summed E-state index contributed by atoms with van der Waals surface area (Å²) in [6, 6.07) is 8.85. The number of hydrogen-bond acceptors (Lipinski definition) is 3. The van der Waals surface area contributed by atoms with Crippen molar-refractivity contribution in [3.05, 3.63) is 30.3 Å². The van der Waals surface area contributed by atoms with E-state index in [1.165, 1.54) is 4.90 Å². The van der Waals surface area contributed by atoms with Gasteiger partial charge in [-0.1, -0.05) is 25.1 Å². The zero-order chi connectivity index (χ0) is 12.8. The third-order valence-electron chi connectivity index (χ3n) is 2.34. The molecule has 5 heteroatoms. The Balaban J connectivity index is 2.50. The average molecular weight is 235 g/mol. The molecular weight excluding hydrogens is 218 g/mol. The third kappa shape index (κ3) is 4.14. The summed E-state index contributed by atoms with van der Waals surface area (Å²) < 4.78 is 5.13. The lowest BCUT2D eigenvalue weighted by atomic mass is 10.1. The van der Waals surface area contributed by atoms with Crippen LogP contribution in [0.5, 0.6) is 5.75 Å². The van der Waals surface area contributed by atoms with Crippen LogP contribution in [0.3, 0.4) is 0 Å². The number of amides is 1. The second-order valence-corrected chi connectivity index (χ2v) is 3.92. The molecule has 0 aliphatic heterocycles. The maximum Gasteiger partial charge on any atom is 0.414 e. The van der Waals surface area contributed by atoms with Gasteiger partial charge in [0.1, 0.15) is 5.75 Å². The number of ether oxygens (including phenoxy) is 1. The molecule has 3 N–H and O–H groups in total. The number of nitrogens with one attached hydrogen (secondary N) is 1. The maximum absolute atomic E-state index is 11.7. The number of benzene rings is 1. The number of amidine groups is 1. The van der Waals surface area contributed by atoms with Crippen molar-refractivity contribution in [3.8, 4) is 5.75 Å². The minimum atomic E-state index is -0.454. The second-order valence-electron chi connectivity index (χ2n) is 3.92. The average Bonchev–Trinajstić information content (AvgIpc) is 2.29. The van der Waals surface area contributed by atoms with Crippen molar-refractivity contribution in [2.45, 2.75) is 6.92 Å². The highest BCUT2D eigenvalue weighted by Gasteiger charge is 2.15. The monoisotopic (exact) mass is 235 g/mol. The minimum Gasteiger partial charge on any atom is -0.410 e. The Morgan fingerprint density at radius 2 is 2.06 bits per heavy atom. The molecule has 0 aliphatic rings. The lowest BCUT2D eigenvalue weighted by Gasteiger charge is -2.20. The number of carbonyl (C=O) groups excluding carboxylic acids is 1. The van der Waals surface area contributed by atoms with Crippen LogP contribution in [0.4, 0.5) is 4.79 Å². The summed E-state index contributed by atoms with van der Waals surface area (Å²) in [5.74, 6) is 0.382. The van der Waals surface area contributed by atoms with Crippen LogP contribution < -0.4 is 10.5 Å². The highest BCUT2D eigenvalue weighted by atomic mass is 16.6. The maximum atomic E-state index is 11.7. The van der Waals surface area contributed by atoms with Crippen LogP contribution in [0.1, 0.15) is 6.92 Å². The molecule has 92 valence electrons. The number of hydrogen-bond donors (Lipinski definition) is 2. The van der Waals surface area contributed by atoms with Crippen LogP contribution >= 0.6 is 0 Å². The van der Waals surface area contributed by atoms with Crippen LogP contribution in [0.2, 0.25) is 0 Å². The minimum absolute atomic E-state index is 0.0596. The van der Waals surface area contributed by atoms with Gasteiger partial charge in [-0.25, -0.2) is 4.79 Å². The number of carbonyl (C=O) groups is 1. The molecule has 0 aliphatic carbocycles. The molecule has 0 bridgehead atoms. The highest BCUT2D eigenvalue weighted by molar-refractivity contribution is 5.80. The first-order valence-corrected chi connectivity index (χ1v) is 5.32. The van der Waals surface area contributed by atoms with Gasteiger partial charge >= 0.3 is 6.09 Å². The summed E-state index contributed by atoms with van der Waals surface area (Å²) in [5, 5.41) is 7.25. The number of rotatable bonds is 4. The van der Waals surface area contributed by atoms with E-state index in [9.17, 15) is 4.79 Å². The van der Waals surface area contributed by atoms with Gasteiger partial charge in [-0.2, -0.15) is 0 Å². The van der Waals surface area contributed by atoms with E-state index in [0.717, 1.165) is 0 Å². The summed E-state index contributed by atoms with van der Waals surface area (Å²) in [6.45, 7) is 2.15. The summed E-state index contributed by atoms with van der Waals surface area (Å²) in [5.41, 5.74) is 5.34. The van der Waals surface area contributed by atoms with Gasteiger partial charge in [-0.05, 0) is 12.1 Å². The first-order chi connectivity index (χ1) is 8.00. The highest BCUT2D eigenvalue weighted by Crippen LogP contribution is 2.10. The normalized spacial score (nSPS) is 11.6. The zero-order valence-electron chi connectivity index (χ0n) is 10.0. The standard InChI is InChI=1S/C12H17N3O2/c1-9(11(13)14)8-15(2)12(16)17-10-6-4-3-5-7-10/h3-7,9H,8H2,1-2H3,(H3,13,14). The van der Waals surface area contributed by atoms with Gasteiger partial charge in [0.15, 0.2) is 0 Å². The van der Waals surface area contributed by atoms with E-state index < -0.39 is 6.09 Å². The third-order valence-corrected chi connectivity index (χ3v) is 2.34. The van der Waals surface area contributed by atoms with E-state index in [1.807, 2.05) is 6.07 Å². The molecule has 1 aromatic carbocycles. The molecule has 0 fully saturated rings. The Kier molecular flexibility index (Phi) is 4.51. The summed E-state index contributed by atoms with van der Waals surface area (Å²) in [4.78, 5) is 13.1. The summed E-state index contributed by atoms with van der Waals surface area (Å²) in [7, 11) is 1.62. The molecular formula is C12H17N3O2. The van der Waals surface area contributed by atoms with Crippen LogP contribution in [0.15, 0.2) is 30.3 Å². The summed E-state index contributed by atoms with van der Waals surface area (Å²) >= 11 is 0. The van der Waals surface area contributed by atoms with Crippen molar-refractivity contribution in [2.75, 3.05) is 13.6 Å². The van der Waals surface area contributed by atoms with E-state index in [0.29, 0.717) is 12.3 Å². The van der Waals surface area contributed by atoms with Gasteiger partial charge in [0, 0.05) is 19.5 Å². The Bertz CT molecular complexity index is 392. The molecule has 0 radical (unpaired) electrons. The van der Waals surface area contributed by atoms with Gasteiger partial charge < -0.3 is 15.4 Å². The van der Waals surface area contributed by atoms with Gasteiger partial charge in [-0.3, -0.25) is 5.41 Å². The molecule has 5 nitrogen and oxygen atoms in total. The van der Waals surface area contributed by atoms with Gasteiger partial charge in [0.25, 0.3) is 0 Å². The Morgan fingerprint density at radius 3 is 2.59 bits per heavy atom. The Labute approximate surface area is 101 Å². The van der Waals surface area contributed by atoms with Crippen LogP contribution in [-0.4, -0.2) is 30.4 Å². The SMILES string of the molecule is CC(CN(C)C(=O)Oc1ccccc1)C(=N)N. The molecule has 0 spiro atoms. The Morgan fingerprint density at radius 1 is 1.47 bits per heavy atom. The summed E-state index contributed by atoms with van der Waals surface area (Å²) in [6.07, 6.45) is -0.454. The van der Waals surface area contributed by atoms with Crippen molar-refractivity contribution in [2.24, 2.45) is 11.7 Å². The first-order valence-electron chi connectivity index (χ1n) is 5.32. The quantitative estimate of drug-likeness (QED) is 0.615. The van der Waals surface area contributed by atoms with Crippen molar-refractivity contribution >= 4 is 11.9 Å². The molecule has 0 saturated heterocycles. The fourth-order valence-electron chi connectivity index (χ4n) is 1.25. The van der Waals surface area contributed by atoms with E-state index >= 15 is 0 Å². The number of nitrogens with two attached hydrogens (primary N) is 1. The first kappa shape index (κ1) is 13.0. The Hall–Kier alpha value is -2.04.